The molecule has 7 fully saturated rings. The van der Waals surface area contributed by atoms with Crippen molar-refractivity contribution in [1.29, 1.82) is 5.26 Å². The van der Waals surface area contributed by atoms with Crippen LogP contribution in [0.2, 0.25) is 0 Å². The number of nitrogens with one attached hydrogen (secondary N) is 2. The second-order valence-electron chi connectivity index (χ2n) is 16.3. The van der Waals surface area contributed by atoms with E-state index in [0.717, 1.165) is 25.2 Å². The number of carbonyl (C=O) groups is 4. The molecule has 2 N–H and O–H groups in total. The third-order valence-corrected chi connectivity index (χ3v) is 12.3. The minimum absolute atomic E-state index is 0.0419. The largest absolute Gasteiger partial charge is 0.472 e. The second kappa shape index (κ2) is 10.3. The normalized spacial score (nSPS) is 39.5. The van der Waals surface area contributed by atoms with Gasteiger partial charge in [-0.1, -0.05) is 20.8 Å². The number of pyridine rings is 1. The number of likely N-dealkylation sites (tertiary alicyclic amines) is 2. The monoisotopic (exact) mass is 648 g/mol. The van der Waals surface area contributed by atoms with Crippen molar-refractivity contribution in [1.82, 2.24) is 20.1 Å². The Balaban J connectivity index is 1.07. The SMILES string of the molecule is CC(C)(C)C(NC(=O)OCC12CC(C1)C2)C(=O)N1CC2C3CC(F)C(C3)C2C1C(=O)N1CC2(CC1C#N)Oc1cccnc1NC2=O. The van der Waals surface area contributed by atoms with Crippen LogP contribution in [0, 0.1) is 51.8 Å². The molecule has 0 aromatic carbocycles. The Bertz CT molecular complexity index is 1570. The molecule has 0 radical (unpaired) electrons. The van der Waals surface area contributed by atoms with Crippen molar-refractivity contribution in [3.05, 3.63) is 18.3 Å². The molecule has 47 heavy (non-hydrogen) atoms. The summed E-state index contributed by atoms with van der Waals surface area (Å²) in [7, 11) is 0. The van der Waals surface area contributed by atoms with Gasteiger partial charge in [-0.05, 0) is 79.2 Å². The number of anilines is 1. The lowest BCUT2D eigenvalue weighted by atomic mass is 9.45. The Morgan fingerprint density at radius 1 is 1.21 bits per heavy atom. The van der Waals surface area contributed by atoms with Crippen molar-refractivity contribution in [2.75, 3.05) is 25.0 Å². The first-order valence-corrected chi connectivity index (χ1v) is 16.8. The highest BCUT2D eigenvalue weighted by Crippen LogP contribution is 2.64. The molecule has 13 heteroatoms. The van der Waals surface area contributed by atoms with Crippen LogP contribution in [0.15, 0.2) is 18.3 Å². The lowest BCUT2D eigenvalue weighted by Gasteiger charge is -2.61. The van der Waals surface area contributed by atoms with Gasteiger partial charge in [0.15, 0.2) is 11.6 Å². The van der Waals surface area contributed by atoms with Crippen LogP contribution in [0.4, 0.5) is 15.0 Å². The molecule has 9 unspecified atom stereocenters. The number of carbonyl (C=O) groups excluding carboxylic acids is 4. The van der Waals surface area contributed by atoms with E-state index < -0.39 is 65.0 Å². The predicted octanol–water partition coefficient (Wildman–Crippen LogP) is 3.04. The number of nitriles is 1. The molecule has 12 nitrogen and oxygen atoms in total. The van der Waals surface area contributed by atoms with Gasteiger partial charge in [0, 0.05) is 24.6 Å². The lowest BCUT2D eigenvalue weighted by Crippen LogP contribution is -2.60. The molecule has 250 valence electrons. The number of fused-ring (bicyclic) bond motifs is 6. The van der Waals surface area contributed by atoms with Gasteiger partial charge < -0.3 is 29.9 Å². The van der Waals surface area contributed by atoms with E-state index in [-0.39, 0.29) is 48.5 Å². The molecule has 4 amide bonds. The Labute approximate surface area is 272 Å². The van der Waals surface area contributed by atoms with E-state index in [9.17, 15) is 24.4 Å². The summed E-state index contributed by atoms with van der Waals surface area (Å²) in [5.41, 5.74) is -2.17. The number of ether oxygens (including phenoxy) is 2. The molecule has 1 spiro atoms. The fourth-order valence-corrected chi connectivity index (χ4v) is 9.95. The van der Waals surface area contributed by atoms with E-state index in [0.29, 0.717) is 25.2 Å². The highest BCUT2D eigenvalue weighted by atomic mass is 19.1. The molecule has 9 atom stereocenters. The first kappa shape index (κ1) is 30.4. The maximum Gasteiger partial charge on any atom is 0.407 e. The maximum absolute atomic E-state index is 15.3. The van der Waals surface area contributed by atoms with Gasteiger partial charge in [-0.25, -0.2) is 14.2 Å². The van der Waals surface area contributed by atoms with Gasteiger partial charge >= 0.3 is 6.09 Å². The average Bonchev–Trinajstić information content (AvgIpc) is 3.73. The first-order valence-electron chi connectivity index (χ1n) is 16.8. The molecule has 5 saturated carbocycles. The van der Waals surface area contributed by atoms with Crippen LogP contribution >= 0.6 is 0 Å². The van der Waals surface area contributed by atoms with E-state index in [1.54, 1.807) is 12.1 Å². The maximum atomic E-state index is 15.3. The van der Waals surface area contributed by atoms with Crippen molar-refractivity contribution in [2.45, 2.75) is 89.2 Å². The number of halogens is 1. The summed E-state index contributed by atoms with van der Waals surface area (Å²) >= 11 is 0. The zero-order chi connectivity index (χ0) is 33.0. The van der Waals surface area contributed by atoms with Crippen LogP contribution in [-0.2, 0) is 19.1 Å². The number of hydrogen-bond acceptors (Lipinski definition) is 8. The minimum atomic E-state index is -1.52. The zero-order valence-electron chi connectivity index (χ0n) is 26.9. The molecule has 9 rings (SSSR count). The van der Waals surface area contributed by atoms with E-state index in [1.807, 2.05) is 20.8 Å². The van der Waals surface area contributed by atoms with Gasteiger partial charge in [0.2, 0.25) is 17.4 Å². The van der Waals surface area contributed by atoms with Crippen molar-refractivity contribution >= 4 is 29.6 Å². The molecule has 4 heterocycles. The van der Waals surface area contributed by atoms with E-state index in [2.05, 4.69) is 21.7 Å². The highest BCUT2D eigenvalue weighted by Gasteiger charge is 2.65. The second-order valence-corrected chi connectivity index (χ2v) is 16.3. The molecular formula is C34H41FN6O6. The average molecular weight is 649 g/mol. The number of amides is 4. The molecular weight excluding hydrogens is 607 g/mol. The highest BCUT2D eigenvalue weighted by molar-refractivity contribution is 6.01. The lowest BCUT2D eigenvalue weighted by molar-refractivity contribution is -0.149. The Hall–Kier alpha value is -3.95. The molecule has 4 bridgehead atoms. The van der Waals surface area contributed by atoms with Crippen LogP contribution < -0.4 is 15.4 Å². The Kier molecular flexibility index (Phi) is 6.64. The van der Waals surface area contributed by atoms with Gasteiger partial charge in [-0.15, -0.1) is 0 Å². The third kappa shape index (κ3) is 4.60. The summed E-state index contributed by atoms with van der Waals surface area (Å²) in [5.74, 6) is -0.954. The molecule has 2 saturated heterocycles. The van der Waals surface area contributed by atoms with Crippen LogP contribution in [-0.4, -0.2) is 88.2 Å². The topological polar surface area (TPSA) is 154 Å². The fraction of sp³-hybridized carbons (Fsp3) is 0.706. The molecule has 3 aliphatic heterocycles. The van der Waals surface area contributed by atoms with Gasteiger partial charge in [-0.2, -0.15) is 5.26 Å². The van der Waals surface area contributed by atoms with Crippen molar-refractivity contribution in [3.63, 3.8) is 0 Å². The van der Waals surface area contributed by atoms with Crippen LogP contribution in [0.3, 0.4) is 0 Å². The van der Waals surface area contributed by atoms with Crippen LogP contribution in [0.1, 0.15) is 59.3 Å². The van der Waals surface area contributed by atoms with Gasteiger partial charge in [-0.3, -0.25) is 14.4 Å². The summed E-state index contributed by atoms with van der Waals surface area (Å²) in [6.45, 7) is 5.89. The quantitative estimate of drug-likeness (QED) is 0.494. The van der Waals surface area contributed by atoms with Crippen LogP contribution in [0.5, 0.6) is 5.75 Å². The number of alkyl carbamates (subject to hydrolysis) is 1. The Morgan fingerprint density at radius 3 is 2.66 bits per heavy atom. The van der Waals surface area contributed by atoms with Crippen molar-refractivity contribution < 1.29 is 33.0 Å². The summed E-state index contributed by atoms with van der Waals surface area (Å²) in [5, 5.41) is 15.8. The number of nitrogens with zero attached hydrogens (tertiary/aromatic N) is 4. The van der Waals surface area contributed by atoms with Gasteiger partial charge in [0.05, 0.1) is 19.2 Å². The zero-order valence-corrected chi connectivity index (χ0v) is 26.9. The Morgan fingerprint density at radius 2 is 1.98 bits per heavy atom. The fourth-order valence-electron chi connectivity index (χ4n) is 9.95. The molecule has 1 aromatic rings. The number of rotatable bonds is 5. The number of aromatic nitrogens is 1. The van der Waals surface area contributed by atoms with Gasteiger partial charge in [0.1, 0.15) is 24.3 Å². The van der Waals surface area contributed by atoms with E-state index >= 15 is 4.39 Å². The van der Waals surface area contributed by atoms with E-state index in [1.165, 1.54) is 16.0 Å². The predicted molar refractivity (Wildman–Crippen MR) is 163 cm³/mol. The standard InChI is InChI=1S/C34H41FN6O6/c1-32(2,3)26(38-31(45)46-16-33-9-17(10-33)11-33)29(43)40-14-21-18-7-20(22(35)8-18)24(21)25(40)28(42)41-15-34(12-19(41)13-36)30(44)39-27-23(47-34)5-4-6-37-27/h4-6,17-22,24-26H,7-12,14-16H2,1-3H3,(H,38,45)(H,37,39,44). The number of hydrogen-bond donors (Lipinski definition) is 2. The summed E-state index contributed by atoms with van der Waals surface area (Å²) in [4.78, 5) is 62.7. The third-order valence-electron chi connectivity index (χ3n) is 12.3. The molecule has 8 aliphatic rings. The number of alkyl halides is 1. The summed E-state index contributed by atoms with van der Waals surface area (Å²) in [6, 6.07) is 2.43. The summed E-state index contributed by atoms with van der Waals surface area (Å²) in [6.07, 6.45) is 3.96. The van der Waals surface area contributed by atoms with Crippen molar-refractivity contribution in [2.24, 2.45) is 40.4 Å². The smallest absolute Gasteiger partial charge is 0.407 e. The minimum Gasteiger partial charge on any atom is -0.472 e. The van der Waals surface area contributed by atoms with Crippen LogP contribution in [0.25, 0.3) is 0 Å². The first-order chi connectivity index (χ1) is 22.3. The molecule has 1 aromatic heterocycles. The molecule has 5 aliphatic carbocycles. The van der Waals surface area contributed by atoms with E-state index in [4.69, 9.17) is 9.47 Å². The van der Waals surface area contributed by atoms with Crippen molar-refractivity contribution in [3.8, 4) is 11.8 Å². The summed E-state index contributed by atoms with van der Waals surface area (Å²) < 4.78 is 27.1. The van der Waals surface area contributed by atoms with Gasteiger partial charge in [0.25, 0.3) is 5.91 Å².